The van der Waals surface area contributed by atoms with E-state index in [9.17, 15) is 18.8 Å². The molecule has 1 aromatic carbocycles. The average Bonchev–Trinajstić information content (AvgIpc) is 3.37. The number of rotatable bonds is 8. The molecule has 2 fully saturated rings. The van der Waals surface area contributed by atoms with Gasteiger partial charge in [0.1, 0.15) is 0 Å². The highest BCUT2D eigenvalue weighted by Gasteiger charge is 2.44. The highest BCUT2D eigenvalue weighted by atomic mass is 32.1. The zero-order valence-corrected chi connectivity index (χ0v) is 18.6. The number of amides is 4. The fourth-order valence-electron chi connectivity index (χ4n) is 3.90. The molecule has 8 nitrogen and oxygen atoms in total. The van der Waals surface area contributed by atoms with E-state index < -0.39 is 17.8 Å². The molecule has 32 heavy (non-hydrogen) atoms. The van der Waals surface area contributed by atoms with Crippen LogP contribution in [0.2, 0.25) is 0 Å². The van der Waals surface area contributed by atoms with Crippen LogP contribution in [0.4, 0.5) is 9.18 Å². The second kappa shape index (κ2) is 9.76. The molecule has 0 atom stereocenters. The Morgan fingerprint density at radius 1 is 1.00 bits per heavy atom. The minimum atomic E-state index is -0.766. The van der Waals surface area contributed by atoms with Gasteiger partial charge in [-0.25, -0.2) is 14.1 Å². The van der Waals surface area contributed by atoms with E-state index >= 15 is 0 Å². The molecule has 0 aliphatic carbocycles. The van der Waals surface area contributed by atoms with Crippen LogP contribution in [0.3, 0.4) is 0 Å². The minimum Gasteiger partial charge on any atom is -0.494 e. The van der Waals surface area contributed by atoms with Crippen LogP contribution in [0.15, 0.2) is 35.7 Å². The molecule has 2 aromatic rings. The number of urea groups is 1. The second-order valence-corrected chi connectivity index (χ2v) is 8.84. The van der Waals surface area contributed by atoms with Crippen LogP contribution in [0.25, 0.3) is 0 Å². The van der Waals surface area contributed by atoms with Crippen molar-refractivity contribution in [1.82, 2.24) is 19.6 Å². The fraction of sp³-hybridized carbons (Fsp3) is 0.409. The monoisotopic (exact) mass is 460 g/mol. The van der Waals surface area contributed by atoms with Gasteiger partial charge < -0.3 is 4.74 Å². The standard InChI is InChI=1S/C22H25FN4O4S/c1-31-19-5-4-16(13-18(19)23)14-24-8-10-25(11-9-24)15-27-21(29)20(28)26(22(27)30)7-6-17-3-2-12-32-17/h2-5,12-13H,6-11,14-15H2,1H3. The largest absolute Gasteiger partial charge is 0.494 e. The summed E-state index contributed by atoms with van der Waals surface area (Å²) in [6.45, 7) is 3.60. The van der Waals surface area contributed by atoms with Gasteiger partial charge in [-0.2, -0.15) is 0 Å². The van der Waals surface area contributed by atoms with Crippen LogP contribution in [0, 0.1) is 5.82 Å². The number of halogens is 1. The molecule has 0 saturated carbocycles. The SMILES string of the molecule is COc1ccc(CN2CCN(CN3C(=O)C(=O)N(CCc4cccs4)C3=O)CC2)cc1F. The Labute approximate surface area is 189 Å². The molecule has 0 radical (unpaired) electrons. The summed E-state index contributed by atoms with van der Waals surface area (Å²) in [5.41, 5.74) is 0.855. The molecule has 2 saturated heterocycles. The van der Waals surface area contributed by atoms with Crippen molar-refractivity contribution in [1.29, 1.82) is 0 Å². The number of methoxy groups -OCH3 is 1. The summed E-state index contributed by atoms with van der Waals surface area (Å²) in [5, 5.41) is 1.94. The van der Waals surface area contributed by atoms with Crippen molar-refractivity contribution < 1.29 is 23.5 Å². The third-order valence-electron chi connectivity index (χ3n) is 5.73. The fourth-order valence-corrected chi connectivity index (χ4v) is 4.60. The van der Waals surface area contributed by atoms with E-state index in [1.165, 1.54) is 13.2 Å². The Kier molecular flexibility index (Phi) is 6.83. The Balaban J connectivity index is 1.28. The maximum atomic E-state index is 13.9. The molecule has 2 aliphatic heterocycles. The molecule has 170 valence electrons. The predicted octanol–water partition coefficient (Wildman–Crippen LogP) is 2.00. The second-order valence-electron chi connectivity index (χ2n) is 7.81. The van der Waals surface area contributed by atoms with Gasteiger partial charge in [0.05, 0.1) is 13.8 Å². The van der Waals surface area contributed by atoms with Crippen LogP contribution >= 0.6 is 11.3 Å². The molecular weight excluding hydrogens is 435 g/mol. The van der Waals surface area contributed by atoms with Gasteiger partial charge in [-0.3, -0.25) is 24.3 Å². The summed E-state index contributed by atoms with van der Waals surface area (Å²) >= 11 is 1.55. The van der Waals surface area contributed by atoms with E-state index in [4.69, 9.17) is 4.74 Å². The predicted molar refractivity (Wildman–Crippen MR) is 117 cm³/mol. The lowest BCUT2D eigenvalue weighted by Crippen LogP contribution is -2.51. The van der Waals surface area contributed by atoms with E-state index in [2.05, 4.69) is 4.90 Å². The van der Waals surface area contributed by atoms with Crippen molar-refractivity contribution in [3.8, 4) is 5.75 Å². The summed E-state index contributed by atoms with van der Waals surface area (Å²) in [6, 6.07) is 8.24. The molecule has 2 aliphatic rings. The molecular formula is C22H25FN4O4S. The van der Waals surface area contributed by atoms with E-state index in [0.29, 0.717) is 39.1 Å². The first-order chi connectivity index (χ1) is 15.5. The van der Waals surface area contributed by atoms with Gasteiger partial charge in [-0.05, 0) is 29.1 Å². The summed E-state index contributed by atoms with van der Waals surface area (Å²) in [6.07, 6.45) is 0.543. The van der Waals surface area contributed by atoms with Crippen LogP contribution in [0.5, 0.6) is 5.75 Å². The summed E-state index contributed by atoms with van der Waals surface area (Å²) in [5.74, 6) is -1.69. The summed E-state index contributed by atoms with van der Waals surface area (Å²) in [4.78, 5) is 44.7. The van der Waals surface area contributed by atoms with Crippen LogP contribution in [-0.2, 0) is 22.6 Å². The number of hydrogen-bond donors (Lipinski definition) is 0. The van der Waals surface area contributed by atoms with E-state index in [1.54, 1.807) is 17.4 Å². The van der Waals surface area contributed by atoms with E-state index in [-0.39, 0.29) is 24.8 Å². The third kappa shape index (κ3) is 4.82. The van der Waals surface area contributed by atoms with Gasteiger partial charge in [0, 0.05) is 50.6 Å². The number of imide groups is 2. The maximum absolute atomic E-state index is 13.9. The first-order valence-corrected chi connectivity index (χ1v) is 11.3. The molecule has 10 heteroatoms. The van der Waals surface area contributed by atoms with Gasteiger partial charge >= 0.3 is 17.8 Å². The Bertz CT molecular complexity index is 992. The van der Waals surface area contributed by atoms with Crippen molar-refractivity contribution in [3.63, 3.8) is 0 Å². The van der Waals surface area contributed by atoms with Crippen LogP contribution in [-0.4, -0.2) is 83.9 Å². The highest BCUT2D eigenvalue weighted by molar-refractivity contribution is 7.09. The van der Waals surface area contributed by atoms with Crippen LogP contribution in [0.1, 0.15) is 10.4 Å². The number of carbonyl (C=O) groups excluding carboxylic acids is 3. The summed E-state index contributed by atoms with van der Waals surface area (Å²) in [7, 11) is 1.43. The lowest BCUT2D eigenvalue weighted by molar-refractivity contribution is -0.144. The zero-order valence-electron chi connectivity index (χ0n) is 17.8. The maximum Gasteiger partial charge on any atom is 0.335 e. The number of benzene rings is 1. The van der Waals surface area contributed by atoms with Gasteiger partial charge in [0.15, 0.2) is 11.6 Å². The summed E-state index contributed by atoms with van der Waals surface area (Å²) < 4.78 is 18.9. The van der Waals surface area contributed by atoms with Crippen molar-refractivity contribution in [2.45, 2.75) is 13.0 Å². The molecule has 4 amide bonds. The normalized spacial score (nSPS) is 18.1. The Hall–Kier alpha value is -2.82. The number of piperazine rings is 1. The Morgan fingerprint density at radius 3 is 2.38 bits per heavy atom. The first-order valence-electron chi connectivity index (χ1n) is 10.4. The molecule has 0 spiro atoms. The quantitative estimate of drug-likeness (QED) is 0.443. The number of nitrogens with zero attached hydrogens (tertiary/aromatic N) is 4. The Morgan fingerprint density at radius 2 is 1.72 bits per heavy atom. The average molecular weight is 461 g/mol. The highest BCUT2D eigenvalue weighted by Crippen LogP contribution is 2.20. The van der Waals surface area contributed by atoms with Gasteiger partial charge in [0.25, 0.3) is 0 Å². The number of thiophene rings is 1. The van der Waals surface area contributed by atoms with Crippen molar-refractivity contribution in [2.24, 2.45) is 0 Å². The van der Waals surface area contributed by atoms with E-state index in [1.807, 2.05) is 28.5 Å². The van der Waals surface area contributed by atoms with Gasteiger partial charge in [-0.1, -0.05) is 12.1 Å². The smallest absolute Gasteiger partial charge is 0.335 e. The third-order valence-corrected chi connectivity index (χ3v) is 6.66. The lowest BCUT2D eigenvalue weighted by atomic mass is 10.2. The van der Waals surface area contributed by atoms with Crippen molar-refractivity contribution in [3.05, 3.63) is 52.0 Å². The molecule has 3 heterocycles. The van der Waals surface area contributed by atoms with Crippen molar-refractivity contribution in [2.75, 3.05) is 46.5 Å². The molecule has 0 bridgehead atoms. The van der Waals surface area contributed by atoms with Crippen LogP contribution < -0.4 is 4.74 Å². The molecule has 0 N–H and O–H groups in total. The topological polar surface area (TPSA) is 73.4 Å². The molecule has 0 unspecified atom stereocenters. The van der Waals surface area contributed by atoms with Crippen molar-refractivity contribution >= 4 is 29.2 Å². The number of ether oxygens (including phenoxy) is 1. The first kappa shape index (κ1) is 22.4. The van der Waals surface area contributed by atoms with E-state index in [0.717, 1.165) is 20.2 Å². The molecule has 1 aromatic heterocycles. The van der Waals surface area contributed by atoms with Gasteiger partial charge in [0.2, 0.25) is 0 Å². The number of carbonyl (C=O) groups is 3. The number of hydrogen-bond acceptors (Lipinski definition) is 7. The zero-order chi connectivity index (χ0) is 22.7. The minimum absolute atomic E-state index is 0.101. The lowest BCUT2D eigenvalue weighted by Gasteiger charge is -2.35. The molecule has 4 rings (SSSR count). The van der Waals surface area contributed by atoms with Gasteiger partial charge in [-0.15, -0.1) is 11.3 Å².